The maximum atomic E-state index is 13.0. The fraction of sp³-hybridized carbons (Fsp3) is 0.409. The van der Waals surface area contributed by atoms with Gasteiger partial charge in [0.05, 0.1) is 24.7 Å². The van der Waals surface area contributed by atoms with Crippen LogP contribution in [0.2, 0.25) is 0 Å². The van der Waals surface area contributed by atoms with Crippen molar-refractivity contribution >= 4 is 21.8 Å². The van der Waals surface area contributed by atoms with Gasteiger partial charge in [0.1, 0.15) is 17.5 Å². The summed E-state index contributed by atoms with van der Waals surface area (Å²) in [5.74, 6) is -0.359. The molecule has 0 bridgehead atoms. The maximum absolute atomic E-state index is 13.0. The summed E-state index contributed by atoms with van der Waals surface area (Å²) in [5, 5.41) is 0. The summed E-state index contributed by atoms with van der Waals surface area (Å²) in [7, 11) is -3.61. The first-order chi connectivity index (χ1) is 15.8. The fourth-order valence-corrected chi connectivity index (χ4v) is 5.33. The van der Waals surface area contributed by atoms with E-state index in [1.54, 1.807) is 23.1 Å². The predicted molar refractivity (Wildman–Crippen MR) is 118 cm³/mol. The van der Waals surface area contributed by atoms with E-state index in [4.69, 9.17) is 15.2 Å². The molecule has 0 saturated carbocycles. The molecule has 11 heteroatoms. The first-order valence-electron chi connectivity index (χ1n) is 10.7. The minimum Gasteiger partial charge on any atom is -0.488 e. The van der Waals surface area contributed by atoms with E-state index in [9.17, 15) is 18.0 Å². The number of hydrogen-bond donors (Lipinski definition) is 1. The van der Waals surface area contributed by atoms with Crippen LogP contribution in [0.3, 0.4) is 0 Å². The van der Waals surface area contributed by atoms with Crippen LogP contribution in [0, 0.1) is 0 Å². The number of aromatic nitrogens is 1. The lowest BCUT2D eigenvalue weighted by atomic mass is 10.1. The van der Waals surface area contributed by atoms with Crippen molar-refractivity contribution in [2.75, 3.05) is 39.4 Å². The van der Waals surface area contributed by atoms with Crippen LogP contribution in [-0.4, -0.2) is 79.9 Å². The van der Waals surface area contributed by atoms with E-state index in [0.29, 0.717) is 50.7 Å². The third-order valence-corrected chi connectivity index (χ3v) is 7.57. The molecule has 2 fully saturated rings. The molecular weight excluding hydrogens is 448 g/mol. The van der Waals surface area contributed by atoms with Gasteiger partial charge in [-0.25, -0.2) is 8.42 Å². The number of carbonyl (C=O) groups is 2. The normalized spacial score (nSPS) is 19.8. The Hall–Kier alpha value is -3.02. The molecule has 3 heterocycles. The summed E-state index contributed by atoms with van der Waals surface area (Å²) >= 11 is 0. The van der Waals surface area contributed by atoms with Gasteiger partial charge in [0.2, 0.25) is 10.0 Å². The third kappa shape index (κ3) is 5.32. The van der Waals surface area contributed by atoms with Gasteiger partial charge in [-0.1, -0.05) is 0 Å². The molecule has 2 amide bonds. The molecule has 1 atom stereocenters. The fourth-order valence-electron chi connectivity index (χ4n) is 3.92. The molecule has 1 unspecified atom stereocenters. The molecule has 10 nitrogen and oxygen atoms in total. The van der Waals surface area contributed by atoms with E-state index in [2.05, 4.69) is 4.98 Å². The van der Waals surface area contributed by atoms with Crippen LogP contribution < -0.4 is 10.5 Å². The highest BCUT2D eigenvalue weighted by Crippen LogP contribution is 2.22. The summed E-state index contributed by atoms with van der Waals surface area (Å²) in [6.45, 7) is 2.33. The van der Waals surface area contributed by atoms with Gasteiger partial charge in [0.15, 0.2) is 0 Å². The Bertz CT molecular complexity index is 1120. The van der Waals surface area contributed by atoms with Crippen molar-refractivity contribution in [2.24, 2.45) is 5.73 Å². The van der Waals surface area contributed by atoms with Gasteiger partial charge < -0.3 is 20.1 Å². The van der Waals surface area contributed by atoms with Crippen LogP contribution in [0.5, 0.6) is 5.75 Å². The van der Waals surface area contributed by atoms with Crippen LogP contribution >= 0.6 is 0 Å². The van der Waals surface area contributed by atoms with Gasteiger partial charge in [-0.15, -0.1) is 0 Å². The Labute approximate surface area is 192 Å². The Morgan fingerprint density at radius 1 is 1.09 bits per heavy atom. The monoisotopic (exact) mass is 474 g/mol. The molecule has 0 radical (unpaired) electrons. The number of likely N-dealkylation sites (tertiary alicyclic amines) is 1. The molecule has 2 N–H and O–H groups in total. The Morgan fingerprint density at radius 3 is 2.52 bits per heavy atom. The van der Waals surface area contributed by atoms with Crippen molar-refractivity contribution in [2.45, 2.75) is 23.8 Å². The second kappa shape index (κ2) is 9.86. The number of hydrogen-bond acceptors (Lipinski definition) is 7. The molecule has 2 aliphatic rings. The molecule has 2 saturated heterocycles. The standard InChI is InChI=1S/C22H26N4O6S/c23-21(27)20-14-17(7-8-24-20)32-18-2-1-9-25(15-18)22(28)16-3-5-19(6-4-16)33(29,30)26-10-12-31-13-11-26/h3-8,14,18H,1-2,9-13,15H2,(H2,23,27). The van der Waals surface area contributed by atoms with Gasteiger partial charge >= 0.3 is 0 Å². The van der Waals surface area contributed by atoms with Crippen molar-refractivity contribution in [3.05, 3.63) is 53.9 Å². The number of sulfonamides is 1. The van der Waals surface area contributed by atoms with E-state index in [1.807, 2.05) is 0 Å². The van der Waals surface area contributed by atoms with Crippen molar-refractivity contribution < 1.29 is 27.5 Å². The number of amides is 2. The summed E-state index contributed by atoms with van der Waals surface area (Å²) < 4.78 is 38.1. The average molecular weight is 475 g/mol. The molecule has 1 aromatic heterocycles. The lowest BCUT2D eigenvalue weighted by molar-refractivity contribution is 0.0537. The quantitative estimate of drug-likeness (QED) is 0.657. The zero-order valence-electron chi connectivity index (χ0n) is 18.1. The van der Waals surface area contributed by atoms with E-state index >= 15 is 0 Å². The predicted octanol–water partition coefficient (Wildman–Crippen LogP) is 0.885. The molecule has 2 aromatic rings. The van der Waals surface area contributed by atoms with Gasteiger partial charge in [0, 0.05) is 37.5 Å². The Morgan fingerprint density at radius 2 is 1.82 bits per heavy atom. The number of morpholine rings is 1. The highest BCUT2D eigenvalue weighted by Gasteiger charge is 2.28. The van der Waals surface area contributed by atoms with Crippen molar-refractivity contribution in [3.63, 3.8) is 0 Å². The van der Waals surface area contributed by atoms with Crippen molar-refractivity contribution in [1.29, 1.82) is 0 Å². The highest BCUT2D eigenvalue weighted by molar-refractivity contribution is 7.89. The second-order valence-corrected chi connectivity index (χ2v) is 9.85. The molecule has 176 valence electrons. The third-order valence-electron chi connectivity index (χ3n) is 5.66. The van der Waals surface area contributed by atoms with E-state index in [1.165, 1.54) is 28.7 Å². The van der Waals surface area contributed by atoms with E-state index < -0.39 is 15.9 Å². The first-order valence-corrected chi connectivity index (χ1v) is 12.2. The number of benzene rings is 1. The van der Waals surface area contributed by atoms with Gasteiger partial charge in [-0.2, -0.15) is 4.31 Å². The number of ether oxygens (including phenoxy) is 2. The minimum absolute atomic E-state index is 0.114. The van der Waals surface area contributed by atoms with Crippen LogP contribution in [0.25, 0.3) is 0 Å². The second-order valence-electron chi connectivity index (χ2n) is 7.92. The SMILES string of the molecule is NC(=O)c1cc(OC2CCCN(C(=O)c3ccc(S(=O)(=O)N4CCOCC4)cc3)C2)ccn1. The molecule has 33 heavy (non-hydrogen) atoms. The lowest BCUT2D eigenvalue weighted by Crippen LogP contribution is -2.44. The maximum Gasteiger partial charge on any atom is 0.267 e. The number of primary amides is 1. The Balaban J connectivity index is 1.41. The van der Waals surface area contributed by atoms with Crippen molar-refractivity contribution in [3.8, 4) is 5.75 Å². The number of nitrogens with two attached hydrogens (primary N) is 1. The summed E-state index contributed by atoms with van der Waals surface area (Å²) in [6, 6.07) is 9.15. The average Bonchev–Trinajstić information content (AvgIpc) is 2.84. The number of pyridine rings is 1. The van der Waals surface area contributed by atoms with Crippen LogP contribution in [0.1, 0.15) is 33.7 Å². The summed E-state index contributed by atoms with van der Waals surface area (Å²) in [4.78, 5) is 30.1. The number of rotatable bonds is 6. The molecular formula is C22H26N4O6S. The lowest BCUT2D eigenvalue weighted by Gasteiger charge is -2.33. The van der Waals surface area contributed by atoms with Gasteiger partial charge in [-0.3, -0.25) is 14.6 Å². The largest absolute Gasteiger partial charge is 0.488 e. The van der Waals surface area contributed by atoms with Crippen LogP contribution in [0.4, 0.5) is 0 Å². The molecule has 0 spiro atoms. The number of nitrogens with zero attached hydrogens (tertiary/aromatic N) is 3. The zero-order valence-corrected chi connectivity index (χ0v) is 18.9. The zero-order chi connectivity index (χ0) is 23.4. The number of piperidine rings is 1. The summed E-state index contributed by atoms with van der Waals surface area (Å²) in [5.41, 5.74) is 5.79. The van der Waals surface area contributed by atoms with Crippen LogP contribution in [0.15, 0.2) is 47.5 Å². The molecule has 2 aliphatic heterocycles. The summed E-state index contributed by atoms with van der Waals surface area (Å²) in [6.07, 6.45) is 2.72. The molecule has 1 aromatic carbocycles. The van der Waals surface area contributed by atoms with E-state index in [-0.39, 0.29) is 22.6 Å². The van der Waals surface area contributed by atoms with E-state index in [0.717, 1.165) is 12.8 Å². The molecule has 0 aliphatic carbocycles. The van der Waals surface area contributed by atoms with Gasteiger partial charge in [-0.05, 0) is 43.2 Å². The Kier molecular flexibility index (Phi) is 6.91. The van der Waals surface area contributed by atoms with Gasteiger partial charge in [0.25, 0.3) is 11.8 Å². The first kappa shape index (κ1) is 23.1. The highest BCUT2D eigenvalue weighted by atomic mass is 32.2. The smallest absolute Gasteiger partial charge is 0.267 e. The number of carbonyl (C=O) groups excluding carboxylic acids is 2. The van der Waals surface area contributed by atoms with Crippen LogP contribution in [-0.2, 0) is 14.8 Å². The topological polar surface area (TPSA) is 132 Å². The minimum atomic E-state index is -3.61. The molecule has 4 rings (SSSR count). The van der Waals surface area contributed by atoms with Crippen molar-refractivity contribution in [1.82, 2.24) is 14.2 Å².